The van der Waals surface area contributed by atoms with Crippen molar-refractivity contribution >= 4 is 29.9 Å². The summed E-state index contributed by atoms with van der Waals surface area (Å²) < 4.78 is 26.4. The number of unbranched alkanes of at least 4 members (excludes halogenated alkanes) is 3. The topological polar surface area (TPSA) is 45.5 Å². The van der Waals surface area contributed by atoms with Gasteiger partial charge < -0.3 is 10.2 Å². The third-order valence-corrected chi connectivity index (χ3v) is 3.43. The van der Waals surface area contributed by atoms with Gasteiger partial charge in [0.2, 0.25) is 0 Å². The van der Waals surface area contributed by atoms with Gasteiger partial charge in [-0.05, 0) is 26.2 Å². The highest BCUT2D eigenvalue weighted by atomic mass is 127. The largest absolute Gasteiger partial charge is 0.357 e. The molecular weight excluding hydrogens is 427 g/mol. The van der Waals surface area contributed by atoms with Crippen molar-refractivity contribution in [3.8, 4) is 0 Å². The highest BCUT2D eigenvalue weighted by Crippen LogP contribution is 2.13. The van der Waals surface area contributed by atoms with Gasteiger partial charge in [0.15, 0.2) is 5.96 Å². The van der Waals surface area contributed by atoms with E-state index < -0.39 is 6.55 Å². The van der Waals surface area contributed by atoms with E-state index in [4.69, 9.17) is 0 Å². The minimum atomic E-state index is -2.59. The summed E-state index contributed by atoms with van der Waals surface area (Å²) in [5, 5.41) is 3.18. The molecule has 138 valence electrons. The number of halogens is 3. The lowest BCUT2D eigenvalue weighted by Gasteiger charge is -2.22. The molecule has 1 heterocycles. The maximum Gasteiger partial charge on any atom is 0.319 e. The fraction of sp³-hybridized carbons (Fsp3) is 0.625. The maximum atomic E-state index is 12.8. The van der Waals surface area contributed by atoms with Gasteiger partial charge in [-0.25, -0.2) is 9.98 Å². The van der Waals surface area contributed by atoms with Crippen LogP contribution in [0.3, 0.4) is 0 Å². The summed E-state index contributed by atoms with van der Waals surface area (Å²) in [6.45, 7) is 4.82. The molecule has 0 saturated carbocycles. The summed E-state index contributed by atoms with van der Waals surface area (Å²) in [4.78, 5) is 10.4. The Morgan fingerprint density at radius 2 is 2.21 bits per heavy atom. The summed E-state index contributed by atoms with van der Waals surface area (Å²) in [6, 6.07) is 0. The van der Waals surface area contributed by atoms with E-state index in [1.165, 1.54) is 12.4 Å². The zero-order valence-corrected chi connectivity index (χ0v) is 16.7. The van der Waals surface area contributed by atoms with E-state index in [1.54, 1.807) is 0 Å². The molecule has 5 nitrogen and oxygen atoms in total. The van der Waals surface area contributed by atoms with E-state index in [0.717, 1.165) is 43.3 Å². The fourth-order valence-electron chi connectivity index (χ4n) is 2.18. The van der Waals surface area contributed by atoms with E-state index in [-0.39, 0.29) is 36.3 Å². The molecule has 24 heavy (non-hydrogen) atoms. The Bertz CT molecular complexity index is 491. The third-order valence-electron chi connectivity index (χ3n) is 3.43. The number of guanidine groups is 1. The molecule has 0 aliphatic heterocycles. The number of nitrogens with zero attached hydrogens (tertiary/aromatic N) is 4. The Morgan fingerprint density at radius 3 is 2.83 bits per heavy atom. The molecule has 0 bridgehead atoms. The summed E-state index contributed by atoms with van der Waals surface area (Å²) in [5.41, 5.74) is 0. The quantitative estimate of drug-likeness (QED) is 0.191. The van der Waals surface area contributed by atoms with Crippen molar-refractivity contribution in [3.63, 3.8) is 0 Å². The van der Waals surface area contributed by atoms with Gasteiger partial charge in [-0.1, -0.05) is 12.5 Å². The molecule has 0 aliphatic carbocycles. The van der Waals surface area contributed by atoms with Gasteiger partial charge in [0.25, 0.3) is 0 Å². The van der Waals surface area contributed by atoms with Crippen molar-refractivity contribution in [3.05, 3.63) is 30.9 Å². The first-order valence-corrected chi connectivity index (χ1v) is 8.00. The molecule has 0 aliphatic rings. The van der Waals surface area contributed by atoms with Crippen molar-refractivity contribution in [2.24, 2.45) is 4.99 Å². The molecule has 0 fully saturated rings. The van der Waals surface area contributed by atoms with Gasteiger partial charge in [0.1, 0.15) is 12.4 Å². The van der Waals surface area contributed by atoms with E-state index in [9.17, 15) is 8.78 Å². The minimum absolute atomic E-state index is 0. The number of hydrogen-bond donors (Lipinski definition) is 1. The highest BCUT2D eigenvalue weighted by molar-refractivity contribution is 14.0. The van der Waals surface area contributed by atoms with Crippen LogP contribution in [-0.4, -0.2) is 40.5 Å². The molecule has 1 aromatic rings. The molecule has 1 N–H and O–H groups in total. The zero-order valence-electron chi connectivity index (χ0n) is 14.4. The molecular formula is C16H28F2IN5. The van der Waals surface area contributed by atoms with E-state index in [2.05, 4.69) is 21.9 Å². The van der Waals surface area contributed by atoms with Crippen LogP contribution in [0.25, 0.3) is 0 Å². The summed E-state index contributed by atoms with van der Waals surface area (Å²) in [6.07, 6.45) is 8.93. The van der Waals surface area contributed by atoms with Gasteiger partial charge in [-0.3, -0.25) is 4.57 Å². The fourth-order valence-corrected chi connectivity index (χ4v) is 2.18. The van der Waals surface area contributed by atoms with Gasteiger partial charge >= 0.3 is 6.55 Å². The average Bonchev–Trinajstić information content (AvgIpc) is 2.99. The van der Waals surface area contributed by atoms with Crippen molar-refractivity contribution in [1.29, 1.82) is 0 Å². The predicted octanol–water partition coefficient (Wildman–Crippen LogP) is 4.04. The van der Waals surface area contributed by atoms with Crippen LogP contribution in [0.1, 0.15) is 45.0 Å². The predicted molar refractivity (Wildman–Crippen MR) is 105 cm³/mol. The highest BCUT2D eigenvalue weighted by Gasteiger charge is 2.12. The van der Waals surface area contributed by atoms with Crippen LogP contribution in [0.5, 0.6) is 0 Å². The van der Waals surface area contributed by atoms with Crippen LogP contribution < -0.4 is 5.32 Å². The third kappa shape index (κ3) is 8.07. The van der Waals surface area contributed by atoms with Crippen molar-refractivity contribution in [2.75, 3.05) is 20.1 Å². The molecule has 0 radical (unpaired) electrons. The average molecular weight is 455 g/mol. The van der Waals surface area contributed by atoms with Crippen LogP contribution in [0.2, 0.25) is 0 Å². The number of nitrogens with one attached hydrogen (secondary N) is 1. The lowest BCUT2D eigenvalue weighted by molar-refractivity contribution is 0.0671. The first-order valence-electron chi connectivity index (χ1n) is 8.00. The second kappa shape index (κ2) is 13.1. The van der Waals surface area contributed by atoms with Gasteiger partial charge in [-0.15, -0.1) is 30.6 Å². The SMILES string of the molecule is C=CCCCCCN(C)C(=NCc1nccn1C(F)F)NCC.I. The van der Waals surface area contributed by atoms with E-state index in [1.807, 2.05) is 24.9 Å². The first-order chi connectivity index (χ1) is 11.1. The molecule has 1 aromatic heterocycles. The Morgan fingerprint density at radius 1 is 1.46 bits per heavy atom. The molecule has 0 atom stereocenters. The Labute approximate surface area is 160 Å². The Balaban J connectivity index is 0.00000529. The van der Waals surface area contributed by atoms with Gasteiger partial charge in [0.05, 0.1) is 0 Å². The smallest absolute Gasteiger partial charge is 0.319 e. The molecule has 0 spiro atoms. The van der Waals surface area contributed by atoms with E-state index in [0.29, 0.717) is 5.96 Å². The second-order valence-corrected chi connectivity index (χ2v) is 5.26. The normalized spacial score (nSPS) is 11.3. The molecule has 0 aromatic carbocycles. The first kappa shape index (κ1) is 22.8. The minimum Gasteiger partial charge on any atom is -0.357 e. The van der Waals surface area contributed by atoms with Crippen molar-refractivity contribution in [2.45, 2.75) is 45.7 Å². The van der Waals surface area contributed by atoms with Crippen LogP contribution in [-0.2, 0) is 6.54 Å². The summed E-state index contributed by atoms with van der Waals surface area (Å²) in [5.74, 6) is 0.967. The summed E-state index contributed by atoms with van der Waals surface area (Å²) >= 11 is 0. The van der Waals surface area contributed by atoms with Crippen LogP contribution >= 0.6 is 24.0 Å². The molecule has 0 saturated heterocycles. The number of aromatic nitrogens is 2. The monoisotopic (exact) mass is 455 g/mol. The number of alkyl halides is 2. The summed E-state index contributed by atoms with van der Waals surface area (Å²) in [7, 11) is 1.95. The van der Waals surface area contributed by atoms with E-state index >= 15 is 0 Å². The standard InChI is InChI=1S/C16H27F2N5.HI/c1-4-6-7-8-9-11-22(3)16(19-5-2)21-13-14-20-10-12-23(14)15(17)18;/h4,10,12,15H,1,5-9,11,13H2,2-3H3,(H,19,21);1H. The lowest BCUT2D eigenvalue weighted by atomic mass is 10.2. The van der Waals surface area contributed by atoms with Gasteiger partial charge in [0, 0.05) is 32.5 Å². The van der Waals surface area contributed by atoms with Crippen LogP contribution in [0, 0.1) is 0 Å². The van der Waals surface area contributed by atoms with Crippen LogP contribution in [0.4, 0.5) is 8.78 Å². The molecule has 0 amide bonds. The van der Waals surface area contributed by atoms with Crippen molar-refractivity contribution in [1.82, 2.24) is 19.8 Å². The molecule has 1 rings (SSSR count). The number of aliphatic imine (C=N–C) groups is 1. The maximum absolute atomic E-state index is 12.8. The molecule has 0 unspecified atom stereocenters. The Hall–Kier alpha value is -1.19. The number of rotatable bonds is 10. The Kier molecular flexibility index (Phi) is 12.5. The van der Waals surface area contributed by atoms with Crippen LogP contribution in [0.15, 0.2) is 30.0 Å². The number of hydrogen-bond acceptors (Lipinski definition) is 2. The number of allylic oxidation sites excluding steroid dienone is 1. The second-order valence-electron chi connectivity index (χ2n) is 5.26. The number of imidazole rings is 1. The zero-order chi connectivity index (χ0) is 17.1. The van der Waals surface area contributed by atoms with Gasteiger partial charge in [-0.2, -0.15) is 8.78 Å². The molecule has 8 heteroatoms. The van der Waals surface area contributed by atoms with Crippen molar-refractivity contribution < 1.29 is 8.78 Å². The lowest BCUT2D eigenvalue weighted by Crippen LogP contribution is -2.39.